The summed E-state index contributed by atoms with van der Waals surface area (Å²) in [5.74, 6) is -0.348. The van der Waals surface area contributed by atoms with Gasteiger partial charge in [-0.15, -0.1) is 0 Å². The minimum Gasteiger partial charge on any atom is -0.494 e. The van der Waals surface area contributed by atoms with Crippen molar-refractivity contribution in [3.05, 3.63) is 84.3 Å². The Bertz CT molecular complexity index is 652. The first-order valence-corrected chi connectivity index (χ1v) is 8.32. The van der Waals surface area contributed by atoms with Crippen LogP contribution in [-0.4, -0.2) is 12.1 Å². The van der Waals surface area contributed by atoms with Crippen molar-refractivity contribution in [2.24, 2.45) is 0 Å². The first-order valence-electron chi connectivity index (χ1n) is 8.32. The van der Waals surface area contributed by atoms with Crippen LogP contribution in [0.15, 0.2) is 73.2 Å². The lowest BCUT2D eigenvalue weighted by atomic mass is 9.71. The second kappa shape index (κ2) is 7.35. The van der Waals surface area contributed by atoms with Crippen LogP contribution >= 0.6 is 0 Å². The van der Waals surface area contributed by atoms with Crippen LogP contribution in [-0.2, 0) is 19.7 Å². The zero-order chi connectivity index (χ0) is 16.8. The fourth-order valence-corrected chi connectivity index (χ4v) is 3.71. The Hall–Kier alpha value is -2.55. The molecule has 24 heavy (non-hydrogen) atoms. The topological polar surface area (TPSA) is 35.5 Å². The fraction of sp³-hybridized carbons (Fsp3) is 0.286. The fourth-order valence-electron chi connectivity index (χ4n) is 3.71. The molecule has 1 aliphatic rings. The quantitative estimate of drug-likeness (QED) is 0.597. The average Bonchev–Trinajstić information content (AvgIpc) is 3.05. The summed E-state index contributed by atoms with van der Waals surface area (Å²) in [5.41, 5.74) is 2.35. The number of hydrogen-bond acceptors (Lipinski definition) is 3. The number of rotatable bonds is 5. The van der Waals surface area contributed by atoms with Gasteiger partial charge in [-0.1, -0.05) is 60.7 Å². The SMILES string of the molecule is CC(=O)O/C=C\OC1CCCC1(c1ccccc1)c1ccccc1. The van der Waals surface area contributed by atoms with E-state index in [-0.39, 0.29) is 17.5 Å². The molecule has 1 fully saturated rings. The van der Waals surface area contributed by atoms with Crippen molar-refractivity contribution in [1.82, 2.24) is 0 Å². The molecule has 3 heteroatoms. The van der Waals surface area contributed by atoms with Crippen LogP contribution in [0.2, 0.25) is 0 Å². The maximum atomic E-state index is 10.9. The largest absolute Gasteiger partial charge is 0.494 e. The Kier molecular flexibility index (Phi) is 4.99. The van der Waals surface area contributed by atoms with Gasteiger partial charge in [-0.25, -0.2) is 0 Å². The lowest BCUT2D eigenvalue weighted by molar-refractivity contribution is -0.135. The number of benzene rings is 2. The Morgan fingerprint density at radius 3 is 2.12 bits per heavy atom. The van der Waals surface area contributed by atoms with Crippen LogP contribution in [0.4, 0.5) is 0 Å². The molecule has 0 heterocycles. The third kappa shape index (κ3) is 3.21. The Morgan fingerprint density at radius 2 is 1.58 bits per heavy atom. The molecule has 124 valence electrons. The maximum absolute atomic E-state index is 10.9. The minimum atomic E-state index is -0.348. The van der Waals surface area contributed by atoms with E-state index in [1.54, 1.807) is 0 Å². The lowest BCUT2D eigenvalue weighted by Gasteiger charge is -2.36. The van der Waals surface area contributed by atoms with E-state index in [2.05, 4.69) is 48.5 Å². The van der Waals surface area contributed by atoms with Crippen molar-refractivity contribution in [2.75, 3.05) is 0 Å². The molecule has 3 nitrogen and oxygen atoms in total. The van der Waals surface area contributed by atoms with Crippen LogP contribution < -0.4 is 0 Å². The normalized spacial score (nSPS) is 19.3. The number of esters is 1. The lowest BCUT2D eigenvalue weighted by Crippen LogP contribution is -2.37. The van der Waals surface area contributed by atoms with Crippen molar-refractivity contribution in [1.29, 1.82) is 0 Å². The van der Waals surface area contributed by atoms with Gasteiger partial charge >= 0.3 is 5.97 Å². The number of hydrogen-bond donors (Lipinski definition) is 0. The van der Waals surface area contributed by atoms with Gasteiger partial charge in [0.15, 0.2) is 0 Å². The zero-order valence-corrected chi connectivity index (χ0v) is 13.9. The molecule has 1 atom stereocenters. The molecule has 3 rings (SSSR count). The van der Waals surface area contributed by atoms with Gasteiger partial charge in [-0.3, -0.25) is 4.79 Å². The molecule has 1 aliphatic carbocycles. The van der Waals surface area contributed by atoms with E-state index in [1.165, 1.54) is 30.6 Å². The Balaban J connectivity index is 1.95. The van der Waals surface area contributed by atoms with Crippen LogP contribution in [0.1, 0.15) is 37.3 Å². The Morgan fingerprint density at radius 1 is 1.00 bits per heavy atom. The maximum Gasteiger partial charge on any atom is 0.307 e. The van der Waals surface area contributed by atoms with Gasteiger partial charge in [0.25, 0.3) is 0 Å². The molecule has 0 N–H and O–H groups in total. The first kappa shape index (κ1) is 16.3. The highest BCUT2D eigenvalue weighted by molar-refractivity contribution is 5.66. The average molecular weight is 322 g/mol. The monoisotopic (exact) mass is 322 g/mol. The molecule has 2 aromatic rings. The van der Waals surface area contributed by atoms with Crippen molar-refractivity contribution >= 4 is 5.97 Å². The summed E-state index contributed by atoms with van der Waals surface area (Å²) < 4.78 is 10.9. The highest BCUT2D eigenvalue weighted by atomic mass is 16.5. The van der Waals surface area contributed by atoms with Crippen molar-refractivity contribution in [3.63, 3.8) is 0 Å². The van der Waals surface area contributed by atoms with Gasteiger partial charge in [0, 0.05) is 6.92 Å². The van der Waals surface area contributed by atoms with Gasteiger partial charge in [0.05, 0.1) is 5.41 Å². The summed E-state index contributed by atoms with van der Waals surface area (Å²) in [6.07, 6.45) is 5.92. The van der Waals surface area contributed by atoms with Gasteiger partial charge in [0.1, 0.15) is 18.6 Å². The van der Waals surface area contributed by atoms with Crippen LogP contribution in [0.5, 0.6) is 0 Å². The van der Waals surface area contributed by atoms with Crippen molar-refractivity contribution in [3.8, 4) is 0 Å². The molecule has 0 saturated heterocycles. The summed E-state index contributed by atoms with van der Waals surface area (Å²) >= 11 is 0. The first-order chi connectivity index (χ1) is 11.7. The standard InChI is InChI=1S/C21H22O3/c1-17(22)23-15-16-24-20-13-8-14-21(20,18-9-4-2-5-10-18)19-11-6-3-7-12-19/h2-7,9-12,15-16,20H,8,13-14H2,1H3/b16-15-. The minimum absolute atomic E-state index is 0.00843. The molecular weight excluding hydrogens is 300 g/mol. The molecule has 0 amide bonds. The summed E-state index contributed by atoms with van der Waals surface area (Å²) in [6.45, 7) is 1.37. The smallest absolute Gasteiger partial charge is 0.307 e. The third-order valence-corrected chi connectivity index (χ3v) is 4.70. The molecule has 0 spiro atoms. The second-order valence-electron chi connectivity index (χ2n) is 6.10. The number of carbonyl (C=O) groups is 1. The van der Waals surface area contributed by atoms with Crippen molar-refractivity contribution < 1.29 is 14.3 Å². The van der Waals surface area contributed by atoms with E-state index in [4.69, 9.17) is 9.47 Å². The van der Waals surface area contributed by atoms with E-state index >= 15 is 0 Å². The molecule has 0 bridgehead atoms. The van der Waals surface area contributed by atoms with Gasteiger partial charge in [-0.05, 0) is 30.4 Å². The molecule has 0 radical (unpaired) electrons. The van der Waals surface area contributed by atoms with E-state index in [0.29, 0.717) is 0 Å². The number of ether oxygens (including phenoxy) is 2. The van der Waals surface area contributed by atoms with E-state index in [0.717, 1.165) is 19.3 Å². The van der Waals surface area contributed by atoms with Crippen LogP contribution in [0, 0.1) is 0 Å². The van der Waals surface area contributed by atoms with Gasteiger partial charge in [0.2, 0.25) is 0 Å². The number of carbonyl (C=O) groups excluding carboxylic acids is 1. The summed E-state index contributed by atoms with van der Waals surface area (Å²) in [5, 5.41) is 0. The second-order valence-corrected chi connectivity index (χ2v) is 6.10. The molecule has 0 aromatic heterocycles. The predicted octanol–water partition coefficient (Wildman–Crippen LogP) is 4.58. The van der Waals surface area contributed by atoms with E-state index in [1.807, 2.05) is 12.1 Å². The van der Waals surface area contributed by atoms with Gasteiger partial charge < -0.3 is 9.47 Å². The van der Waals surface area contributed by atoms with E-state index in [9.17, 15) is 4.79 Å². The summed E-state index contributed by atoms with van der Waals surface area (Å²) in [4.78, 5) is 10.9. The highest BCUT2D eigenvalue weighted by Crippen LogP contribution is 2.48. The summed E-state index contributed by atoms with van der Waals surface area (Å²) in [6, 6.07) is 21.0. The van der Waals surface area contributed by atoms with Crippen LogP contribution in [0.3, 0.4) is 0 Å². The summed E-state index contributed by atoms with van der Waals surface area (Å²) in [7, 11) is 0. The molecular formula is C21H22O3. The van der Waals surface area contributed by atoms with Crippen molar-refractivity contribution in [2.45, 2.75) is 37.7 Å². The van der Waals surface area contributed by atoms with E-state index < -0.39 is 0 Å². The molecule has 1 saturated carbocycles. The molecule has 2 aromatic carbocycles. The third-order valence-electron chi connectivity index (χ3n) is 4.70. The highest BCUT2D eigenvalue weighted by Gasteiger charge is 2.46. The van der Waals surface area contributed by atoms with Crippen LogP contribution in [0.25, 0.3) is 0 Å². The predicted molar refractivity (Wildman–Crippen MR) is 93.3 cm³/mol. The molecule has 0 aliphatic heterocycles. The van der Waals surface area contributed by atoms with Gasteiger partial charge in [-0.2, -0.15) is 0 Å². The zero-order valence-electron chi connectivity index (χ0n) is 13.9. The Labute approximate surface area is 142 Å². The molecule has 1 unspecified atom stereocenters.